The normalized spacial score (nSPS) is 14.3. The third kappa shape index (κ3) is 5.63. The third-order valence-electron chi connectivity index (χ3n) is 7.92. The van der Waals surface area contributed by atoms with E-state index in [-0.39, 0.29) is 16.9 Å². The molecule has 0 spiro atoms. The SMILES string of the molecule is CCCc1ccc(-c2ccc(-c3ccc(-c4ccc(C(=O)C(C)(C)N5CCOCC5)cc4)cc3)c(F)c2F)cc1. The predicted octanol–water partition coefficient (Wildman–Crippen LogP) is 8.21. The van der Waals surface area contributed by atoms with E-state index < -0.39 is 17.2 Å². The first kappa shape index (κ1) is 27.9. The van der Waals surface area contributed by atoms with Gasteiger partial charge in [-0.2, -0.15) is 0 Å². The third-order valence-corrected chi connectivity index (χ3v) is 7.92. The summed E-state index contributed by atoms with van der Waals surface area (Å²) in [7, 11) is 0. The Hall–Kier alpha value is -3.67. The first-order valence-corrected chi connectivity index (χ1v) is 14.0. The zero-order valence-corrected chi connectivity index (χ0v) is 23.3. The highest BCUT2D eigenvalue weighted by Crippen LogP contribution is 2.33. The highest BCUT2D eigenvalue weighted by atomic mass is 19.2. The molecule has 0 unspecified atom stereocenters. The average Bonchev–Trinajstić information content (AvgIpc) is 2.99. The van der Waals surface area contributed by atoms with Crippen LogP contribution in [0, 0.1) is 11.6 Å². The Balaban J connectivity index is 1.32. The van der Waals surface area contributed by atoms with E-state index in [4.69, 9.17) is 4.74 Å². The first-order chi connectivity index (χ1) is 19.3. The molecule has 4 aromatic carbocycles. The fraction of sp³-hybridized carbons (Fsp3) is 0.286. The summed E-state index contributed by atoms with van der Waals surface area (Å²) >= 11 is 0. The molecule has 0 radical (unpaired) electrons. The van der Waals surface area contributed by atoms with Gasteiger partial charge in [0.15, 0.2) is 17.4 Å². The Morgan fingerprint density at radius 3 is 1.68 bits per heavy atom. The summed E-state index contributed by atoms with van der Waals surface area (Å²) in [6.45, 7) is 8.79. The van der Waals surface area contributed by atoms with Crippen molar-refractivity contribution >= 4 is 5.78 Å². The predicted molar refractivity (Wildman–Crippen MR) is 157 cm³/mol. The maximum absolute atomic E-state index is 15.2. The van der Waals surface area contributed by atoms with E-state index in [1.165, 1.54) is 5.56 Å². The zero-order chi connectivity index (χ0) is 28.3. The summed E-state index contributed by atoms with van der Waals surface area (Å²) < 4.78 is 35.7. The van der Waals surface area contributed by atoms with Crippen molar-refractivity contribution in [3.8, 4) is 33.4 Å². The lowest BCUT2D eigenvalue weighted by molar-refractivity contribution is -0.00429. The molecule has 0 bridgehead atoms. The van der Waals surface area contributed by atoms with Crippen molar-refractivity contribution in [2.24, 2.45) is 0 Å². The molecule has 0 aliphatic carbocycles. The van der Waals surface area contributed by atoms with Gasteiger partial charge in [0.2, 0.25) is 0 Å². The summed E-state index contributed by atoms with van der Waals surface area (Å²) in [5.41, 5.74) is 4.85. The number of aryl methyl sites for hydroxylation is 1. The van der Waals surface area contributed by atoms with E-state index in [2.05, 4.69) is 11.8 Å². The fourth-order valence-corrected chi connectivity index (χ4v) is 5.41. The molecule has 5 heteroatoms. The quantitative estimate of drug-likeness (QED) is 0.211. The lowest BCUT2D eigenvalue weighted by Crippen LogP contribution is -2.54. The molecule has 4 aromatic rings. The Morgan fingerprint density at radius 2 is 1.18 bits per heavy atom. The molecule has 206 valence electrons. The molecule has 1 fully saturated rings. The van der Waals surface area contributed by atoms with Crippen LogP contribution in [0.25, 0.3) is 33.4 Å². The van der Waals surface area contributed by atoms with Gasteiger partial charge in [0.1, 0.15) is 0 Å². The molecular weight excluding hydrogens is 504 g/mol. The van der Waals surface area contributed by atoms with Crippen molar-refractivity contribution in [3.05, 3.63) is 108 Å². The van der Waals surface area contributed by atoms with Crippen molar-refractivity contribution in [2.75, 3.05) is 26.3 Å². The van der Waals surface area contributed by atoms with Crippen LogP contribution >= 0.6 is 0 Å². The second-order valence-corrected chi connectivity index (χ2v) is 10.9. The van der Waals surface area contributed by atoms with Gasteiger partial charge in [0.25, 0.3) is 0 Å². The molecule has 5 rings (SSSR count). The Morgan fingerprint density at radius 1 is 0.725 bits per heavy atom. The van der Waals surface area contributed by atoms with Crippen molar-refractivity contribution < 1.29 is 18.3 Å². The van der Waals surface area contributed by atoms with E-state index >= 15 is 8.78 Å². The van der Waals surface area contributed by atoms with Crippen LogP contribution in [0.5, 0.6) is 0 Å². The molecule has 1 aliphatic rings. The topological polar surface area (TPSA) is 29.5 Å². The summed E-state index contributed by atoms with van der Waals surface area (Å²) in [5.74, 6) is -1.62. The van der Waals surface area contributed by atoms with Crippen LogP contribution < -0.4 is 0 Å². The fourth-order valence-electron chi connectivity index (χ4n) is 5.41. The minimum Gasteiger partial charge on any atom is -0.379 e. The molecule has 0 amide bonds. The monoisotopic (exact) mass is 539 g/mol. The number of halogens is 2. The van der Waals surface area contributed by atoms with Crippen molar-refractivity contribution in [2.45, 2.75) is 39.2 Å². The number of benzene rings is 4. The van der Waals surface area contributed by atoms with Crippen LogP contribution in [-0.2, 0) is 11.2 Å². The summed E-state index contributed by atoms with van der Waals surface area (Å²) in [5, 5.41) is 0. The van der Waals surface area contributed by atoms with Crippen LogP contribution in [0.3, 0.4) is 0 Å². The van der Waals surface area contributed by atoms with Gasteiger partial charge in [0.05, 0.1) is 18.8 Å². The molecule has 3 nitrogen and oxygen atoms in total. The summed E-state index contributed by atoms with van der Waals surface area (Å²) in [6.07, 6.45) is 2.00. The van der Waals surface area contributed by atoms with Crippen molar-refractivity contribution in [1.82, 2.24) is 4.90 Å². The molecule has 0 atom stereocenters. The number of Topliss-reactive ketones (excluding diaryl/α,β-unsaturated/α-hetero) is 1. The van der Waals surface area contributed by atoms with Gasteiger partial charge in [0, 0.05) is 29.8 Å². The van der Waals surface area contributed by atoms with E-state index in [1.54, 1.807) is 24.3 Å². The van der Waals surface area contributed by atoms with Gasteiger partial charge in [-0.1, -0.05) is 98.3 Å². The number of nitrogens with zero attached hydrogens (tertiary/aromatic N) is 1. The maximum Gasteiger partial charge on any atom is 0.182 e. The Kier molecular flexibility index (Phi) is 8.24. The number of carbonyl (C=O) groups is 1. The number of ether oxygens (including phenoxy) is 1. The number of carbonyl (C=O) groups excluding carboxylic acids is 1. The van der Waals surface area contributed by atoms with Crippen LogP contribution in [0.4, 0.5) is 8.78 Å². The second kappa shape index (κ2) is 11.8. The highest BCUT2D eigenvalue weighted by molar-refractivity contribution is 6.03. The smallest absolute Gasteiger partial charge is 0.182 e. The number of hydrogen-bond acceptors (Lipinski definition) is 3. The van der Waals surface area contributed by atoms with E-state index in [0.717, 1.165) is 37.1 Å². The summed E-state index contributed by atoms with van der Waals surface area (Å²) in [4.78, 5) is 15.5. The minimum atomic E-state index is -0.853. The molecular formula is C35H35F2NO2. The zero-order valence-electron chi connectivity index (χ0n) is 23.3. The standard InChI is InChI=1S/C35H35F2NO2/c1-4-5-24-6-8-27(9-7-24)30-18-19-31(33(37)32(30)36)28-14-10-25(11-15-28)26-12-16-29(17-13-26)34(39)35(2,3)38-20-22-40-23-21-38/h6-19H,4-5,20-23H2,1-3H3. The highest BCUT2D eigenvalue weighted by Gasteiger charge is 2.35. The van der Waals surface area contributed by atoms with Gasteiger partial charge < -0.3 is 4.74 Å². The van der Waals surface area contributed by atoms with Crippen LogP contribution in [0.1, 0.15) is 43.1 Å². The lowest BCUT2D eigenvalue weighted by Gasteiger charge is -2.39. The van der Waals surface area contributed by atoms with Crippen LogP contribution in [0.2, 0.25) is 0 Å². The second-order valence-electron chi connectivity index (χ2n) is 10.9. The average molecular weight is 540 g/mol. The largest absolute Gasteiger partial charge is 0.379 e. The van der Waals surface area contributed by atoms with Gasteiger partial charge >= 0.3 is 0 Å². The van der Waals surface area contributed by atoms with Crippen molar-refractivity contribution in [3.63, 3.8) is 0 Å². The first-order valence-electron chi connectivity index (χ1n) is 14.0. The summed E-state index contributed by atoms with van der Waals surface area (Å²) in [6, 6.07) is 25.9. The molecule has 0 N–H and O–H groups in total. The van der Waals surface area contributed by atoms with Crippen molar-refractivity contribution in [1.29, 1.82) is 0 Å². The molecule has 0 saturated carbocycles. The number of rotatable bonds is 8. The van der Waals surface area contributed by atoms with Gasteiger partial charge in [-0.15, -0.1) is 0 Å². The number of morpholine rings is 1. The van der Waals surface area contributed by atoms with E-state index in [9.17, 15) is 4.79 Å². The van der Waals surface area contributed by atoms with Gasteiger partial charge in [-0.3, -0.25) is 9.69 Å². The Labute approximate surface area is 235 Å². The molecule has 40 heavy (non-hydrogen) atoms. The minimum absolute atomic E-state index is 0.0779. The van der Waals surface area contributed by atoms with Gasteiger partial charge in [-0.25, -0.2) is 8.78 Å². The number of hydrogen-bond donors (Lipinski definition) is 0. The lowest BCUT2D eigenvalue weighted by atomic mass is 9.90. The van der Waals surface area contributed by atoms with Crippen LogP contribution in [-0.4, -0.2) is 42.5 Å². The molecule has 0 aromatic heterocycles. The number of ketones is 1. The molecule has 1 aliphatic heterocycles. The molecule has 1 saturated heterocycles. The van der Waals surface area contributed by atoms with E-state index in [1.807, 2.05) is 74.5 Å². The maximum atomic E-state index is 15.2. The van der Waals surface area contributed by atoms with Gasteiger partial charge in [-0.05, 0) is 48.1 Å². The van der Waals surface area contributed by atoms with E-state index in [0.29, 0.717) is 29.9 Å². The van der Waals surface area contributed by atoms with Crippen LogP contribution in [0.15, 0.2) is 84.9 Å². The molecule has 1 heterocycles. The Bertz CT molecular complexity index is 1470.